The number of nitrogens with one attached hydrogen (secondary N) is 1. The van der Waals surface area contributed by atoms with Crippen LogP contribution in [-0.2, 0) is 9.53 Å². The summed E-state index contributed by atoms with van der Waals surface area (Å²) < 4.78 is 9.95. The molecular weight excluding hydrogens is 332 g/mol. The van der Waals surface area contributed by atoms with Gasteiger partial charge in [0.25, 0.3) is 5.91 Å². The van der Waals surface area contributed by atoms with Crippen molar-refractivity contribution in [2.24, 2.45) is 0 Å². The number of nitriles is 1. The second kappa shape index (κ2) is 7.99. The standard InChI is InChI=1S/C17H13ClN2O4/c1-23-17(22)13-8-12(6-7-14(13)18)20-16(21)10-24-15-5-3-2-4-11(15)9-19/h2-8H,10H2,1H3,(H,20,21). The van der Waals surface area contributed by atoms with Crippen LogP contribution in [0.4, 0.5) is 5.69 Å². The number of nitrogens with zero attached hydrogens (tertiary/aromatic N) is 1. The maximum Gasteiger partial charge on any atom is 0.339 e. The molecule has 122 valence electrons. The van der Waals surface area contributed by atoms with E-state index in [4.69, 9.17) is 21.6 Å². The Balaban J connectivity index is 2.03. The number of rotatable bonds is 5. The minimum atomic E-state index is -0.602. The predicted octanol–water partition coefficient (Wildman–Crippen LogP) is 3.02. The highest BCUT2D eigenvalue weighted by Gasteiger charge is 2.13. The third-order valence-electron chi connectivity index (χ3n) is 3.02. The van der Waals surface area contributed by atoms with Crippen molar-refractivity contribution >= 4 is 29.2 Å². The Morgan fingerprint density at radius 3 is 2.71 bits per heavy atom. The normalized spacial score (nSPS) is 9.71. The second-order valence-electron chi connectivity index (χ2n) is 4.63. The van der Waals surface area contributed by atoms with Gasteiger partial charge in [0, 0.05) is 5.69 Å². The first-order valence-corrected chi connectivity index (χ1v) is 7.22. The van der Waals surface area contributed by atoms with Gasteiger partial charge in [-0.2, -0.15) is 5.26 Å². The van der Waals surface area contributed by atoms with Gasteiger partial charge in [0.15, 0.2) is 6.61 Å². The fourth-order valence-electron chi connectivity index (χ4n) is 1.89. The molecule has 0 heterocycles. The number of hydrogen-bond donors (Lipinski definition) is 1. The van der Waals surface area contributed by atoms with Crippen LogP contribution in [0.2, 0.25) is 5.02 Å². The SMILES string of the molecule is COC(=O)c1cc(NC(=O)COc2ccccc2C#N)ccc1Cl. The van der Waals surface area contributed by atoms with E-state index in [0.717, 1.165) is 0 Å². The molecule has 6 nitrogen and oxygen atoms in total. The Bertz CT molecular complexity index is 814. The molecule has 2 rings (SSSR count). The molecule has 1 amide bonds. The van der Waals surface area contributed by atoms with Crippen LogP contribution >= 0.6 is 11.6 Å². The second-order valence-corrected chi connectivity index (χ2v) is 5.04. The number of hydrogen-bond acceptors (Lipinski definition) is 5. The van der Waals surface area contributed by atoms with E-state index in [0.29, 0.717) is 17.0 Å². The van der Waals surface area contributed by atoms with Gasteiger partial charge in [0.1, 0.15) is 11.8 Å². The number of halogens is 1. The molecule has 0 aliphatic heterocycles. The van der Waals surface area contributed by atoms with Crippen molar-refractivity contribution in [1.29, 1.82) is 5.26 Å². The summed E-state index contributed by atoms with van der Waals surface area (Å²) in [5.41, 5.74) is 0.861. The van der Waals surface area contributed by atoms with Crippen LogP contribution < -0.4 is 10.1 Å². The molecule has 0 bridgehead atoms. The number of para-hydroxylation sites is 1. The Labute approximate surface area is 143 Å². The van der Waals surface area contributed by atoms with Gasteiger partial charge in [-0.1, -0.05) is 23.7 Å². The molecule has 0 fully saturated rings. The first-order chi connectivity index (χ1) is 11.5. The van der Waals surface area contributed by atoms with Crippen molar-refractivity contribution in [3.63, 3.8) is 0 Å². The summed E-state index contributed by atoms with van der Waals surface area (Å²) in [7, 11) is 1.24. The van der Waals surface area contributed by atoms with Gasteiger partial charge in [-0.15, -0.1) is 0 Å². The highest BCUT2D eigenvalue weighted by molar-refractivity contribution is 6.33. The van der Waals surface area contributed by atoms with Gasteiger partial charge >= 0.3 is 5.97 Å². The molecule has 1 N–H and O–H groups in total. The molecule has 2 aromatic rings. The lowest BCUT2D eigenvalue weighted by Crippen LogP contribution is -2.20. The minimum absolute atomic E-state index is 0.146. The first-order valence-electron chi connectivity index (χ1n) is 6.84. The fraction of sp³-hybridized carbons (Fsp3) is 0.118. The molecule has 0 aliphatic rings. The van der Waals surface area contributed by atoms with Gasteiger partial charge in [0.05, 0.1) is 23.3 Å². The van der Waals surface area contributed by atoms with Crippen LogP contribution in [0.3, 0.4) is 0 Å². The van der Waals surface area contributed by atoms with Crippen molar-refractivity contribution in [3.8, 4) is 11.8 Å². The molecule has 0 aromatic heterocycles. The molecule has 0 unspecified atom stereocenters. The molecule has 0 saturated carbocycles. The lowest BCUT2D eigenvalue weighted by molar-refractivity contribution is -0.118. The first kappa shape index (κ1) is 17.3. The van der Waals surface area contributed by atoms with Crippen LogP contribution in [0.25, 0.3) is 0 Å². The van der Waals surface area contributed by atoms with Crippen LogP contribution in [0.1, 0.15) is 15.9 Å². The summed E-state index contributed by atoms with van der Waals surface area (Å²) in [6.45, 7) is -0.283. The monoisotopic (exact) mass is 344 g/mol. The number of amides is 1. The average Bonchev–Trinajstić information content (AvgIpc) is 2.61. The summed E-state index contributed by atoms with van der Waals surface area (Å²) in [6, 6.07) is 13.0. The van der Waals surface area contributed by atoms with Crippen molar-refractivity contribution in [2.75, 3.05) is 19.0 Å². The largest absolute Gasteiger partial charge is 0.482 e. The van der Waals surface area contributed by atoms with Gasteiger partial charge in [0.2, 0.25) is 0 Å². The lowest BCUT2D eigenvalue weighted by Gasteiger charge is -2.10. The van der Waals surface area contributed by atoms with Crippen LogP contribution in [-0.4, -0.2) is 25.6 Å². The van der Waals surface area contributed by atoms with Gasteiger partial charge < -0.3 is 14.8 Å². The number of carbonyl (C=O) groups excluding carboxylic acids is 2. The summed E-state index contributed by atoms with van der Waals surface area (Å²) in [6.07, 6.45) is 0. The zero-order valence-corrected chi connectivity index (χ0v) is 13.5. The maximum atomic E-state index is 12.0. The molecule has 2 aromatic carbocycles. The van der Waals surface area contributed by atoms with E-state index >= 15 is 0 Å². The Morgan fingerprint density at radius 1 is 1.25 bits per heavy atom. The fourth-order valence-corrected chi connectivity index (χ4v) is 2.09. The zero-order chi connectivity index (χ0) is 17.5. The van der Waals surface area contributed by atoms with Crippen molar-refractivity contribution in [3.05, 3.63) is 58.6 Å². The molecule has 0 radical (unpaired) electrons. The summed E-state index contributed by atoms with van der Waals surface area (Å²) in [5.74, 6) is -0.724. The topological polar surface area (TPSA) is 88.4 Å². The van der Waals surface area contributed by atoms with Crippen molar-refractivity contribution in [2.45, 2.75) is 0 Å². The van der Waals surface area contributed by atoms with E-state index in [1.54, 1.807) is 30.3 Å². The Hall–Kier alpha value is -3.04. The number of carbonyl (C=O) groups is 2. The summed E-state index contributed by atoms with van der Waals surface area (Å²) in [5, 5.41) is 11.8. The van der Waals surface area contributed by atoms with Crippen LogP contribution in [0.15, 0.2) is 42.5 Å². The molecular formula is C17H13ClN2O4. The van der Waals surface area contributed by atoms with Crippen molar-refractivity contribution in [1.82, 2.24) is 0 Å². The molecule has 0 aliphatic carbocycles. The maximum absolute atomic E-state index is 12.0. The number of methoxy groups -OCH3 is 1. The number of ether oxygens (including phenoxy) is 2. The quantitative estimate of drug-likeness (QED) is 0.842. The smallest absolute Gasteiger partial charge is 0.339 e. The van der Waals surface area contributed by atoms with Crippen LogP contribution in [0.5, 0.6) is 5.75 Å². The van der Waals surface area contributed by atoms with Gasteiger partial charge in [-0.25, -0.2) is 4.79 Å². The van der Waals surface area contributed by atoms with Gasteiger partial charge in [-0.3, -0.25) is 4.79 Å². The van der Waals surface area contributed by atoms with E-state index in [-0.39, 0.29) is 17.2 Å². The van der Waals surface area contributed by atoms with E-state index in [2.05, 4.69) is 10.1 Å². The molecule has 7 heteroatoms. The number of esters is 1. The zero-order valence-electron chi connectivity index (χ0n) is 12.7. The highest BCUT2D eigenvalue weighted by Crippen LogP contribution is 2.21. The number of benzene rings is 2. The highest BCUT2D eigenvalue weighted by atomic mass is 35.5. The van der Waals surface area contributed by atoms with E-state index in [1.807, 2.05) is 6.07 Å². The third-order valence-corrected chi connectivity index (χ3v) is 3.35. The predicted molar refractivity (Wildman–Crippen MR) is 88.1 cm³/mol. The lowest BCUT2D eigenvalue weighted by atomic mass is 10.2. The molecule has 0 spiro atoms. The van der Waals surface area contributed by atoms with Crippen LogP contribution in [0, 0.1) is 11.3 Å². The number of anilines is 1. The molecule has 0 atom stereocenters. The van der Waals surface area contributed by atoms with E-state index in [9.17, 15) is 9.59 Å². The third kappa shape index (κ3) is 4.24. The minimum Gasteiger partial charge on any atom is -0.482 e. The summed E-state index contributed by atoms with van der Waals surface area (Å²) in [4.78, 5) is 23.5. The molecule has 24 heavy (non-hydrogen) atoms. The summed E-state index contributed by atoms with van der Waals surface area (Å²) >= 11 is 5.91. The van der Waals surface area contributed by atoms with Gasteiger partial charge in [-0.05, 0) is 30.3 Å². The Kier molecular flexibility index (Phi) is 5.77. The average molecular weight is 345 g/mol. The Morgan fingerprint density at radius 2 is 2.00 bits per heavy atom. The van der Waals surface area contributed by atoms with Crippen molar-refractivity contribution < 1.29 is 19.1 Å². The van der Waals surface area contributed by atoms with E-state index in [1.165, 1.54) is 19.2 Å². The van der Waals surface area contributed by atoms with E-state index < -0.39 is 11.9 Å². The molecule has 0 saturated heterocycles.